The van der Waals surface area contributed by atoms with E-state index in [2.05, 4.69) is 21.2 Å². The summed E-state index contributed by atoms with van der Waals surface area (Å²) in [6, 6.07) is 17.5. The highest BCUT2D eigenvalue weighted by Gasteiger charge is 2.34. The number of rotatable bonds is 11. The van der Waals surface area contributed by atoms with Crippen LogP contribution < -0.4 is 9.62 Å². The van der Waals surface area contributed by atoms with Gasteiger partial charge in [0.05, 0.1) is 20.6 Å². The van der Waals surface area contributed by atoms with E-state index in [1.165, 1.54) is 17.0 Å². The van der Waals surface area contributed by atoms with E-state index in [0.717, 1.165) is 35.6 Å². The van der Waals surface area contributed by atoms with Gasteiger partial charge in [-0.2, -0.15) is 0 Å². The second-order valence-corrected chi connectivity index (χ2v) is 14.1. The second kappa shape index (κ2) is 14.3. The Morgan fingerprint density at radius 2 is 1.69 bits per heavy atom. The van der Waals surface area contributed by atoms with E-state index in [4.69, 9.17) is 23.2 Å². The van der Waals surface area contributed by atoms with Gasteiger partial charge < -0.3 is 10.2 Å². The number of nitrogens with one attached hydrogen (secondary N) is 1. The molecular formula is C31H34BrCl2N3O4S. The topological polar surface area (TPSA) is 86.8 Å². The molecule has 1 unspecified atom stereocenters. The molecule has 1 fully saturated rings. The molecule has 1 aliphatic rings. The molecule has 3 aromatic carbocycles. The highest BCUT2D eigenvalue weighted by molar-refractivity contribution is 9.10. The predicted octanol–water partition coefficient (Wildman–Crippen LogP) is 7.13. The number of nitrogens with zero attached hydrogens (tertiary/aromatic N) is 2. The van der Waals surface area contributed by atoms with Crippen LogP contribution in [-0.4, -0.2) is 43.8 Å². The SMILES string of the molecule is CCC(C(=O)NC1CCCC1)N(Cc1ccc(Cl)c(Cl)c1)C(=O)CN(c1cccc(Br)c1)S(=O)(=O)c1ccc(C)cc1. The zero-order chi connectivity index (χ0) is 30.4. The summed E-state index contributed by atoms with van der Waals surface area (Å²) in [4.78, 5) is 29.3. The summed E-state index contributed by atoms with van der Waals surface area (Å²) in [5.74, 6) is -0.779. The van der Waals surface area contributed by atoms with E-state index in [1.807, 2.05) is 13.8 Å². The molecule has 11 heteroatoms. The van der Waals surface area contributed by atoms with Crippen molar-refractivity contribution in [3.8, 4) is 0 Å². The third-order valence-corrected chi connectivity index (χ3v) is 10.4. The van der Waals surface area contributed by atoms with Crippen molar-refractivity contribution in [1.29, 1.82) is 0 Å². The third-order valence-electron chi connectivity index (χ3n) is 7.41. The Morgan fingerprint density at radius 3 is 2.31 bits per heavy atom. The molecule has 4 rings (SSSR count). The van der Waals surface area contributed by atoms with Crippen LogP contribution in [0.15, 0.2) is 76.1 Å². The number of anilines is 1. The van der Waals surface area contributed by atoms with Crippen LogP contribution in [0.4, 0.5) is 5.69 Å². The first kappa shape index (κ1) is 32.3. The minimum atomic E-state index is -4.15. The van der Waals surface area contributed by atoms with Gasteiger partial charge >= 0.3 is 0 Å². The first-order valence-corrected chi connectivity index (χ1v) is 16.9. The van der Waals surface area contributed by atoms with Gasteiger partial charge in [-0.3, -0.25) is 13.9 Å². The highest BCUT2D eigenvalue weighted by Crippen LogP contribution is 2.28. The van der Waals surface area contributed by atoms with Crippen molar-refractivity contribution in [2.45, 2.75) is 69.5 Å². The van der Waals surface area contributed by atoms with E-state index < -0.39 is 28.5 Å². The molecule has 2 amide bonds. The lowest BCUT2D eigenvalue weighted by molar-refractivity contribution is -0.140. The Hall–Kier alpha value is -2.59. The van der Waals surface area contributed by atoms with E-state index in [-0.39, 0.29) is 23.4 Å². The summed E-state index contributed by atoms with van der Waals surface area (Å²) in [6.45, 7) is 3.24. The molecule has 0 bridgehead atoms. The van der Waals surface area contributed by atoms with Gasteiger partial charge in [-0.25, -0.2) is 8.42 Å². The number of benzene rings is 3. The van der Waals surface area contributed by atoms with Crippen molar-refractivity contribution < 1.29 is 18.0 Å². The third kappa shape index (κ3) is 7.86. The lowest BCUT2D eigenvalue weighted by atomic mass is 10.1. The van der Waals surface area contributed by atoms with E-state index >= 15 is 0 Å². The van der Waals surface area contributed by atoms with Crippen LogP contribution in [0.2, 0.25) is 10.0 Å². The maximum atomic E-state index is 14.2. The maximum absolute atomic E-state index is 14.2. The number of hydrogen-bond donors (Lipinski definition) is 1. The smallest absolute Gasteiger partial charge is 0.264 e. The van der Waals surface area contributed by atoms with Crippen LogP contribution >= 0.6 is 39.1 Å². The first-order chi connectivity index (χ1) is 20.0. The Kier molecular flexibility index (Phi) is 11.0. The summed E-state index contributed by atoms with van der Waals surface area (Å²) in [6.07, 6.45) is 4.23. The Balaban J connectivity index is 1.73. The summed E-state index contributed by atoms with van der Waals surface area (Å²) >= 11 is 15.8. The molecule has 1 saturated carbocycles. The van der Waals surface area contributed by atoms with Gasteiger partial charge in [0.2, 0.25) is 11.8 Å². The average molecular weight is 696 g/mol. The molecule has 0 heterocycles. The molecule has 7 nitrogen and oxygen atoms in total. The summed E-state index contributed by atoms with van der Waals surface area (Å²) < 4.78 is 29.7. The van der Waals surface area contributed by atoms with Crippen LogP contribution in [0.1, 0.15) is 50.2 Å². The molecule has 42 heavy (non-hydrogen) atoms. The van der Waals surface area contributed by atoms with Crippen molar-refractivity contribution in [3.05, 3.63) is 92.4 Å². The van der Waals surface area contributed by atoms with Gasteiger partial charge in [0.15, 0.2) is 0 Å². The number of amides is 2. The van der Waals surface area contributed by atoms with E-state index in [9.17, 15) is 18.0 Å². The largest absolute Gasteiger partial charge is 0.352 e. The van der Waals surface area contributed by atoms with Crippen LogP contribution in [0.3, 0.4) is 0 Å². The minimum absolute atomic E-state index is 0.0449. The van der Waals surface area contributed by atoms with Crippen molar-refractivity contribution in [1.82, 2.24) is 10.2 Å². The molecule has 0 radical (unpaired) electrons. The zero-order valence-electron chi connectivity index (χ0n) is 23.5. The Labute approximate surface area is 266 Å². The van der Waals surface area contributed by atoms with Crippen LogP contribution in [0.25, 0.3) is 0 Å². The quantitative estimate of drug-likeness (QED) is 0.232. The number of hydrogen-bond acceptors (Lipinski definition) is 4. The number of carbonyl (C=O) groups excluding carboxylic acids is 2. The normalized spacial score (nSPS) is 14.4. The van der Waals surface area contributed by atoms with Gasteiger partial charge in [-0.05, 0) is 74.2 Å². The fourth-order valence-corrected chi connectivity index (χ4v) is 7.23. The van der Waals surface area contributed by atoms with Gasteiger partial charge in [-0.15, -0.1) is 0 Å². The Morgan fingerprint density at radius 1 is 1.00 bits per heavy atom. The molecule has 0 aliphatic heterocycles. The predicted molar refractivity (Wildman–Crippen MR) is 171 cm³/mol. The molecule has 0 saturated heterocycles. The zero-order valence-corrected chi connectivity index (χ0v) is 27.4. The summed E-state index contributed by atoms with van der Waals surface area (Å²) in [5.41, 5.74) is 1.89. The van der Waals surface area contributed by atoms with Crippen molar-refractivity contribution >= 4 is 66.7 Å². The van der Waals surface area contributed by atoms with Crippen LogP contribution in [0.5, 0.6) is 0 Å². The number of halogens is 3. The number of carbonyl (C=O) groups is 2. The first-order valence-electron chi connectivity index (χ1n) is 13.9. The fourth-order valence-electron chi connectivity index (χ4n) is 5.12. The van der Waals surface area contributed by atoms with Crippen molar-refractivity contribution in [3.63, 3.8) is 0 Å². The molecule has 1 atom stereocenters. The van der Waals surface area contributed by atoms with Gasteiger partial charge in [-0.1, -0.05) is 88.7 Å². The maximum Gasteiger partial charge on any atom is 0.264 e. The fraction of sp³-hybridized carbons (Fsp3) is 0.355. The number of sulfonamides is 1. The molecule has 224 valence electrons. The molecule has 0 spiro atoms. The molecule has 3 aromatic rings. The van der Waals surface area contributed by atoms with E-state index in [1.54, 1.807) is 54.6 Å². The van der Waals surface area contributed by atoms with E-state index in [0.29, 0.717) is 32.2 Å². The lowest BCUT2D eigenvalue weighted by Crippen LogP contribution is -2.53. The van der Waals surface area contributed by atoms with Crippen molar-refractivity contribution in [2.24, 2.45) is 0 Å². The van der Waals surface area contributed by atoms with Gasteiger partial charge in [0.1, 0.15) is 12.6 Å². The molecular weight excluding hydrogens is 661 g/mol. The standard InChI is InChI=1S/C31H34BrCl2N3O4S/c1-3-29(31(39)35-24-8-4-5-9-24)36(19-22-13-16-27(33)28(34)17-22)30(38)20-37(25-10-6-7-23(32)18-25)42(40,41)26-14-11-21(2)12-15-26/h6-7,10-18,24,29H,3-5,8-9,19-20H2,1-2H3,(H,35,39). The summed E-state index contributed by atoms with van der Waals surface area (Å²) in [7, 11) is -4.15. The average Bonchev–Trinajstić information content (AvgIpc) is 3.46. The van der Waals surface area contributed by atoms with Gasteiger partial charge in [0.25, 0.3) is 10.0 Å². The minimum Gasteiger partial charge on any atom is -0.352 e. The molecule has 1 aliphatic carbocycles. The molecule has 1 N–H and O–H groups in total. The highest BCUT2D eigenvalue weighted by atomic mass is 79.9. The number of aryl methyl sites for hydroxylation is 1. The van der Waals surface area contributed by atoms with Crippen LogP contribution in [0, 0.1) is 6.92 Å². The van der Waals surface area contributed by atoms with Gasteiger partial charge in [0, 0.05) is 17.1 Å². The summed E-state index contributed by atoms with van der Waals surface area (Å²) in [5, 5.41) is 3.80. The monoisotopic (exact) mass is 693 g/mol. The van der Waals surface area contributed by atoms with Crippen LogP contribution in [-0.2, 0) is 26.2 Å². The second-order valence-electron chi connectivity index (χ2n) is 10.5. The lowest BCUT2D eigenvalue weighted by Gasteiger charge is -2.34. The molecule has 0 aromatic heterocycles. The van der Waals surface area contributed by atoms with Crippen molar-refractivity contribution in [2.75, 3.05) is 10.8 Å². The Bertz CT molecular complexity index is 1530.